The molecule has 6 nitrogen and oxygen atoms in total. The lowest BCUT2D eigenvalue weighted by Gasteiger charge is -2.17. The van der Waals surface area contributed by atoms with E-state index in [4.69, 9.17) is 4.74 Å². The number of rotatable bonds is 7. The molecule has 6 heteroatoms. The van der Waals surface area contributed by atoms with Gasteiger partial charge in [0.05, 0.1) is 13.0 Å². The van der Waals surface area contributed by atoms with E-state index in [0.29, 0.717) is 12.4 Å². The number of aryl methyl sites for hydroxylation is 2. The largest absolute Gasteiger partial charge is 0.493 e. The van der Waals surface area contributed by atoms with Gasteiger partial charge in [-0.15, -0.1) is 0 Å². The van der Waals surface area contributed by atoms with E-state index in [2.05, 4.69) is 20.5 Å². The summed E-state index contributed by atoms with van der Waals surface area (Å²) >= 11 is 0. The van der Waals surface area contributed by atoms with Gasteiger partial charge in [-0.25, -0.2) is 4.98 Å². The number of hydrogen-bond donors (Lipinski definition) is 2. The predicted molar refractivity (Wildman–Crippen MR) is 98.8 cm³/mol. The molecule has 0 aliphatic carbocycles. The van der Waals surface area contributed by atoms with Crippen molar-refractivity contribution in [3.63, 3.8) is 0 Å². The maximum absolute atomic E-state index is 12.4. The summed E-state index contributed by atoms with van der Waals surface area (Å²) in [5, 5.41) is 9.71. The van der Waals surface area contributed by atoms with Crippen LogP contribution in [0.2, 0.25) is 0 Å². The van der Waals surface area contributed by atoms with Crippen LogP contribution in [-0.2, 0) is 4.79 Å². The molecule has 0 bridgehead atoms. The second-order valence-electron chi connectivity index (χ2n) is 6.15. The van der Waals surface area contributed by atoms with Crippen molar-refractivity contribution in [1.82, 2.24) is 20.5 Å². The normalized spacial score (nSPS) is 11.8. The monoisotopic (exact) mass is 350 g/mol. The first-order valence-electron chi connectivity index (χ1n) is 8.53. The van der Waals surface area contributed by atoms with Gasteiger partial charge in [0.15, 0.2) is 5.82 Å². The second-order valence-corrected chi connectivity index (χ2v) is 6.15. The summed E-state index contributed by atoms with van der Waals surface area (Å²) in [7, 11) is 0. The fraction of sp³-hybridized carbons (Fsp3) is 0.250. The maximum atomic E-state index is 12.4. The van der Waals surface area contributed by atoms with Crippen LogP contribution >= 0.6 is 0 Å². The van der Waals surface area contributed by atoms with Crippen molar-refractivity contribution in [2.24, 2.45) is 0 Å². The van der Waals surface area contributed by atoms with Crippen LogP contribution in [0, 0.1) is 13.8 Å². The predicted octanol–water partition coefficient (Wildman–Crippen LogP) is 3.10. The molecule has 2 N–H and O–H groups in total. The van der Waals surface area contributed by atoms with E-state index in [1.807, 2.05) is 62.4 Å². The molecule has 2 aromatic carbocycles. The highest BCUT2D eigenvalue weighted by atomic mass is 16.5. The number of nitrogens with zero attached hydrogens (tertiary/aromatic N) is 2. The molecule has 0 unspecified atom stereocenters. The molecule has 1 heterocycles. The van der Waals surface area contributed by atoms with Gasteiger partial charge >= 0.3 is 0 Å². The van der Waals surface area contributed by atoms with Crippen LogP contribution in [-0.4, -0.2) is 27.7 Å². The molecule has 0 aliphatic heterocycles. The first kappa shape index (κ1) is 17.7. The van der Waals surface area contributed by atoms with Crippen molar-refractivity contribution >= 4 is 5.91 Å². The number of carbonyl (C=O) groups is 1. The Hall–Kier alpha value is -3.15. The van der Waals surface area contributed by atoms with Crippen LogP contribution < -0.4 is 10.1 Å². The Bertz CT molecular complexity index is 848. The summed E-state index contributed by atoms with van der Waals surface area (Å²) < 4.78 is 5.77. The Morgan fingerprint density at radius 2 is 2.00 bits per heavy atom. The van der Waals surface area contributed by atoms with Gasteiger partial charge in [0.1, 0.15) is 18.1 Å². The van der Waals surface area contributed by atoms with Crippen LogP contribution in [0.3, 0.4) is 0 Å². The van der Waals surface area contributed by atoms with Crippen molar-refractivity contribution in [2.45, 2.75) is 26.3 Å². The quantitative estimate of drug-likeness (QED) is 0.686. The molecule has 0 saturated heterocycles. The molecular formula is C20H22N4O2. The summed E-state index contributed by atoms with van der Waals surface area (Å²) in [6, 6.07) is 15.3. The third-order valence-corrected chi connectivity index (χ3v) is 4.08. The summed E-state index contributed by atoms with van der Waals surface area (Å²) in [6.07, 6.45) is 1.69. The van der Waals surface area contributed by atoms with Crippen molar-refractivity contribution in [2.75, 3.05) is 6.61 Å². The highest BCUT2D eigenvalue weighted by Crippen LogP contribution is 2.20. The molecule has 1 atom stereocenters. The van der Waals surface area contributed by atoms with Gasteiger partial charge in [-0.1, -0.05) is 42.5 Å². The molecule has 3 rings (SSSR count). The molecule has 134 valence electrons. The lowest BCUT2D eigenvalue weighted by molar-refractivity contribution is -0.122. The smallest absolute Gasteiger partial charge is 0.224 e. The van der Waals surface area contributed by atoms with Crippen molar-refractivity contribution in [3.8, 4) is 5.75 Å². The lowest BCUT2D eigenvalue weighted by atomic mass is 10.1. The third-order valence-electron chi connectivity index (χ3n) is 4.08. The summed E-state index contributed by atoms with van der Waals surface area (Å²) in [5.74, 6) is 1.30. The van der Waals surface area contributed by atoms with Gasteiger partial charge in [0.25, 0.3) is 0 Å². The average molecular weight is 350 g/mol. The highest BCUT2D eigenvalue weighted by Gasteiger charge is 2.19. The minimum atomic E-state index is -0.369. The zero-order valence-electron chi connectivity index (χ0n) is 14.9. The van der Waals surface area contributed by atoms with Crippen molar-refractivity contribution in [1.29, 1.82) is 0 Å². The second kappa shape index (κ2) is 8.29. The SMILES string of the molecule is Cc1ccc(C)c(OCCC(=O)N[C@@H](c2ccccc2)c2ncn[nH]2)c1. The average Bonchev–Trinajstić information content (AvgIpc) is 3.18. The fourth-order valence-corrected chi connectivity index (χ4v) is 2.66. The molecular weight excluding hydrogens is 328 g/mol. The van der Waals surface area contributed by atoms with Gasteiger partial charge in [-0.2, -0.15) is 5.10 Å². The van der Waals surface area contributed by atoms with E-state index in [9.17, 15) is 4.79 Å². The van der Waals surface area contributed by atoms with Crippen LogP contribution in [0.1, 0.15) is 35.0 Å². The first-order valence-corrected chi connectivity index (χ1v) is 8.53. The molecule has 0 fully saturated rings. The van der Waals surface area contributed by atoms with Gasteiger partial charge in [0.2, 0.25) is 5.91 Å². The van der Waals surface area contributed by atoms with Crippen molar-refractivity contribution in [3.05, 3.63) is 77.4 Å². The van der Waals surface area contributed by atoms with E-state index in [1.165, 1.54) is 6.33 Å². The van der Waals surface area contributed by atoms with Gasteiger partial charge < -0.3 is 10.1 Å². The van der Waals surface area contributed by atoms with E-state index in [-0.39, 0.29) is 18.4 Å². The molecule has 1 amide bonds. The number of H-pyrrole nitrogens is 1. The zero-order valence-corrected chi connectivity index (χ0v) is 14.9. The highest BCUT2D eigenvalue weighted by molar-refractivity contribution is 5.77. The number of nitrogens with one attached hydrogen (secondary N) is 2. The number of ether oxygens (including phenoxy) is 1. The van der Waals surface area contributed by atoms with Gasteiger partial charge in [-0.3, -0.25) is 9.89 Å². The molecule has 0 aliphatic rings. The summed E-state index contributed by atoms with van der Waals surface area (Å²) in [4.78, 5) is 16.6. The molecule has 1 aromatic heterocycles. The Morgan fingerprint density at radius 1 is 1.19 bits per heavy atom. The van der Waals surface area contributed by atoms with Crippen molar-refractivity contribution < 1.29 is 9.53 Å². The topological polar surface area (TPSA) is 79.9 Å². The number of amides is 1. The fourth-order valence-electron chi connectivity index (χ4n) is 2.66. The molecule has 26 heavy (non-hydrogen) atoms. The van der Waals surface area contributed by atoms with E-state index in [0.717, 1.165) is 22.4 Å². The van der Waals surface area contributed by atoms with Crippen LogP contribution in [0.25, 0.3) is 0 Å². The van der Waals surface area contributed by atoms with Crippen LogP contribution in [0.15, 0.2) is 54.9 Å². The van der Waals surface area contributed by atoms with Gasteiger partial charge in [-0.05, 0) is 36.6 Å². The lowest BCUT2D eigenvalue weighted by Crippen LogP contribution is -2.31. The molecule has 0 saturated carbocycles. The summed E-state index contributed by atoms with van der Waals surface area (Å²) in [5.41, 5.74) is 3.12. The minimum Gasteiger partial charge on any atom is -0.493 e. The molecule has 0 spiro atoms. The van der Waals surface area contributed by atoms with Crippen LogP contribution in [0.4, 0.5) is 0 Å². The molecule has 3 aromatic rings. The van der Waals surface area contributed by atoms with E-state index < -0.39 is 0 Å². The minimum absolute atomic E-state index is 0.111. The van der Waals surface area contributed by atoms with E-state index in [1.54, 1.807) is 0 Å². The number of carbonyl (C=O) groups excluding carboxylic acids is 1. The first-order chi connectivity index (χ1) is 12.6. The standard InChI is InChI=1S/C20H22N4O2/c1-14-8-9-15(2)17(12-14)26-11-10-18(25)23-19(20-21-13-22-24-20)16-6-4-3-5-7-16/h3-9,12-13,19H,10-11H2,1-2H3,(H,23,25)(H,21,22,24)/t19-/m0/s1. The summed E-state index contributed by atoms with van der Waals surface area (Å²) in [6.45, 7) is 4.32. The van der Waals surface area contributed by atoms with Crippen LogP contribution in [0.5, 0.6) is 5.75 Å². The third kappa shape index (κ3) is 4.47. The Labute approximate surface area is 152 Å². The molecule has 0 radical (unpaired) electrons. The Balaban J connectivity index is 1.61. The van der Waals surface area contributed by atoms with Gasteiger partial charge in [0, 0.05) is 0 Å². The number of benzene rings is 2. The number of aromatic amines is 1. The van der Waals surface area contributed by atoms with E-state index >= 15 is 0 Å². The number of aromatic nitrogens is 3. The zero-order chi connectivity index (χ0) is 18.4. The maximum Gasteiger partial charge on any atom is 0.224 e. The Kier molecular flexibility index (Phi) is 5.63. The number of hydrogen-bond acceptors (Lipinski definition) is 4. The Morgan fingerprint density at radius 3 is 2.73 bits per heavy atom.